The van der Waals surface area contributed by atoms with E-state index in [-0.39, 0.29) is 5.97 Å². The summed E-state index contributed by atoms with van der Waals surface area (Å²) in [6.07, 6.45) is 0. The molecule has 0 heterocycles. The second kappa shape index (κ2) is 7.68. The number of benzene rings is 1. The van der Waals surface area contributed by atoms with Crippen LogP contribution >= 0.6 is 0 Å². The molecule has 0 fully saturated rings. The van der Waals surface area contributed by atoms with E-state index in [0.717, 1.165) is 5.69 Å². The van der Waals surface area contributed by atoms with Crippen molar-refractivity contribution in [3.8, 4) is 0 Å². The monoisotopic (exact) mass is 253 g/mol. The zero-order valence-corrected chi connectivity index (χ0v) is 11.0. The minimum absolute atomic E-state index is 0.330. The summed E-state index contributed by atoms with van der Waals surface area (Å²) in [4.78, 5) is 22.1. The molecule has 0 amide bonds. The van der Waals surface area contributed by atoms with Crippen molar-refractivity contribution in [2.75, 3.05) is 25.0 Å². The first-order valence-corrected chi connectivity index (χ1v) is 6.06. The number of nitrogens with zero attached hydrogens (tertiary/aromatic N) is 1. The molecule has 0 unspecified atom stereocenters. The van der Waals surface area contributed by atoms with Gasteiger partial charge in [-0.15, -0.1) is 5.23 Å². The van der Waals surface area contributed by atoms with E-state index in [2.05, 4.69) is 0 Å². The lowest BCUT2D eigenvalue weighted by Crippen LogP contribution is -2.23. The third-order valence-electron chi connectivity index (χ3n) is 2.08. The molecule has 0 radical (unpaired) electrons. The maximum absolute atomic E-state index is 11.5. The van der Waals surface area contributed by atoms with Crippen molar-refractivity contribution in [1.82, 2.24) is 0 Å². The van der Waals surface area contributed by atoms with Crippen LogP contribution in [0.5, 0.6) is 0 Å². The molecule has 0 bridgehead atoms. The van der Waals surface area contributed by atoms with Gasteiger partial charge in [0.2, 0.25) is 0 Å². The number of anilines is 1. The molecule has 1 aromatic carbocycles. The number of hydrogen-bond donors (Lipinski definition) is 0. The van der Waals surface area contributed by atoms with Crippen LogP contribution < -0.4 is 5.23 Å². The molecule has 0 atom stereocenters. The lowest BCUT2D eigenvalue weighted by molar-refractivity contribution is -0.0817. The van der Waals surface area contributed by atoms with Crippen molar-refractivity contribution in [3.63, 3.8) is 0 Å². The summed E-state index contributed by atoms with van der Waals surface area (Å²) >= 11 is 0. The topological polar surface area (TPSA) is 48.0 Å². The highest BCUT2D eigenvalue weighted by Crippen LogP contribution is 2.16. The second-order valence-electron chi connectivity index (χ2n) is 3.36. The third-order valence-corrected chi connectivity index (χ3v) is 2.08. The lowest BCUT2D eigenvalue weighted by atomic mass is 10.2. The largest absolute Gasteiger partial charge is 0.462 e. The van der Waals surface area contributed by atoms with Crippen LogP contribution in [-0.2, 0) is 14.4 Å². The molecule has 0 aliphatic carbocycles. The highest BCUT2D eigenvalue weighted by atomic mass is 16.9. The Balaban J connectivity index is 2.76. The average molecular weight is 253 g/mol. The van der Waals surface area contributed by atoms with Crippen molar-refractivity contribution < 1.29 is 19.2 Å². The standard InChI is InChI=1S/C13H19NO4/c1-4-16-13(15)11-7-9-12(10-8-11)14(17-5-2)18-6-3/h7-10H,4-6H2,1-3H3. The zero-order chi connectivity index (χ0) is 13.4. The van der Waals surface area contributed by atoms with Crippen molar-refractivity contribution in [3.05, 3.63) is 29.8 Å². The normalized spacial score (nSPS) is 10.2. The summed E-state index contributed by atoms with van der Waals surface area (Å²) in [6.45, 7) is 6.89. The van der Waals surface area contributed by atoms with Crippen LogP contribution in [-0.4, -0.2) is 25.8 Å². The molecular weight excluding hydrogens is 234 g/mol. The number of rotatable bonds is 7. The molecule has 0 saturated carbocycles. The Labute approximate surface area is 107 Å². The van der Waals surface area contributed by atoms with Crippen molar-refractivity contribution >= 4 is 11.7 Å². The van der Waals surface area contributed by atoms with E-state index in [9.17, 15) is 4.79 Å². The highest BCUT2D eigenvalue weighted by molar-refractivity contribution is 5.89. The molecule has 0 spiro atoms. The molecule has 5 heteroatoms. The minimum atomic E-state index is -0.330. The van der Waals surface area contributed by atoms with Gasteiger partial charge in [0.25, 0.3) is 0 Å². The number of carbonyl (C=O) groups is 1. The first-order valence-electron chi connectivity index (χ1n) is 6.06. The maximum atomic E-state index is 11.5. The Morgan fingerprint density at radius 1 is 1.00 bits per heavy atom. The molecule has 0 aromatic heterocycles. The molecule has 5 nitrogen and oxygen atoms in total. The van der Waals surface area contributed by atoms with Gasteiger partial charge in [-0.25, -0.2) is 14.5 Å². The number of ether oxygens (including phenoxy) is 1. The van der Waals surface area contributed by atoms with Gasteiger partial charge in [0.1, 0.15) is 0 Å². The van der Waals surface area contributed by atoms with Crippen molar-refractivity contribution in [1.29, 1.82) is 0 Å². The van der Waals surface area contributed by atoms with Crippen molar-refractivity contribution in [2.24, 2.45) is 0 Å². The first kappa shape index (κ1) is 14.5. The summed E-state index contributed by atoms with van der Waals surface area (Å²) in [7, 11) is 0. The van der Waals surface area contributed by atoms with Gasteiger partial charge in [-0.3, -0.25) is 0 Å². The van der Waals surface area contributed by atoms with E-state index < -0.39 is 0 Å². The Kier molecular flexibility index (Phi) is 6.18. The Morgan fingerprint density at radius 2 is 1.56 bits per heavy atom. The summed E-state index contributed by atoms with van der Waals surface area (Å²) < 4.78 is 4.91. The molecule has 0 N–H and O–H groups in total. The van der Waals surface area contributed by atoms with Gasteiger partial charge < -0.3 is 4.74 Å². The molecule has 0 aliphatic rings. The fourth-order valence-electron chi connectivity index (χ4n) is 1.35. The smallest absolute Gasteiger partial charge is 0.338 e. The van der Waals surface area contributed by atoms with Gasteiger partial charge >= 0.3 is 5.97 Å². The number of esters is 1. The maximum Gasteiger partial charge on any atom is 0.338 e. The van der Waals surface area contributed by atoms with E-state index in [1.165, 1.54) is 5.23 Å². The molecule has 18 heavy (non-hydrogen) atoms. The average Bonchev–Trinajstić information content (AvgIpc) is 2.39. The summed E-state index contributed by atoms with van der Waals surface area (Å²) in [5.74, 6) is -0.330. The number of hydrogen-bond acceptors (Lipinski definition) is 5. The van der Waals surface area contributed by atoms with E-state index in [1.807, 2.05) is 13.8 Å². The van der Waals surface area contributed by atoms with Crippen LogP contribution in [0, 0.1) is 0 Å². The van der Waals surface area contributed by atoms with E-state index in [4.69, 9.17) is 14.4 Å². The Morgan fingerprint density at radius 3 is 2.00 bits per heavy atom. The van der Waals surface area contributed by atoms with E-state index in [1.54, 1.807) is 31.2 Å². The van der Waals surface area contributed by atoms with Crippen LogP contribution in [0.1, 0.15) is 31.1 Å². The fourth-order valence-corrected chi connectivity index (χ4v) is 1.35. The predicted octanol–water partition coefficient (Wildman–Crippen LogP) is 2.57. The first-order chi connectivity index (χ1) is 8.72. The van der Waals surface area contributed by atoms with Crippen molar-refractivity contribution in [2.45, 2.75) is 20.8 Å². The van der Waals surface area contributed by atoms with E-state index >= 15 is 0 Å². The van der Waals surface area contributed by atoms with Crippen LogP contribution in [0.4, 0.5) is 5.69 Å². The highest BCUT2D eigenvalue weighted by Gasteiger charge is 2.10. The summed E-state index contributed by atoms with van der Waals surface area (Å²) in [5, 5.41) is 1.34. The van der Waals surface area contributed by atoms with Gasteiger partial charge in [0.15, 0.2) is 0 Å². The van der Waals surface area contributed by atoms with Gasteiger partial charge in [0, 0.05) is 0 Å². The molecule has 1 aromatic rings. The second-order valence-corrected chi connectivity index (χ2v) is 3.36. The van der Waals surface area contributed by atoms with E-state index in [0.29, 0.717) is 25.4 Å². The van der Waals surface area contributed by atoms with Crippen LogP contribution in [0.3, 0.4) is 0 Å². The predicted molar refractivity (Wildman–Crippen MR) is 68.1 cm³/mol. The van der Waals surface area contributed by atoms with Crippen LogP contribution in [0.25, 0.3) is 0 Å². The third kappa shape index (κ3) is 4.01. The lowest BCUT2D eigenvalue weighted by Gasteiger charge is -2.21. The van der Waals surface area contributed by atoms with Gasteiger partial charge in [0.05, 0.1) is 31.1 Å². The SMILES string of the molecule is CCOC(=O)c1ccc(N(OCC)OCC)cc1. The van der Waals surface area contributed by atoms with Crippen LogP contribution in [0.2, 0.25) is 0 Å². The fraction of sp³-hybridized carbons (Fsp3) is 0.462. The molecular formula is C13H19NO4. The Bertz CT molecular complexity index is 358. The molecule has 0 saturated heterocycles. The molecule has 1 rings (SSSR count). The van der Waals surface area contributed by atoms with Crippen LogP contribution in [0.15, 0.2) is 24.3 Å². The van der Waals surface area contributed by atoms with Gasteiger partial charge in [-0.2, -0.15) is 0 Å². The number of carbonyl (C=O) groups excluding carboxylic acids is 1. The summed E-state index contributed by atoms with van der Waals surface area (Å²) in [5.41, 5.74) is 1.24. The summed E-state index contributed by atoms with van der Waals surface area (Å²) in [6, 6.07) is 6.85. The minimum Gasteiger partial charge on any atom is -0.462 e. The Hall–Kier alpha value is -1.59. The van der Waals surface area contributed by atoms with Gasteiger partial charge in [-0.05, 0) is 45.0 Å². The quantitative estimate of drug-likeness (QED) is 0.552. The molecule has 100 valence electrons. The zero-order valence-electron chi connectivity index (χ0n) is 11.0. The molecule has 0 aliphatic heterocycles. The van der Waals surface area contributed by atoms with Gasteiger partial charge in [-0.1, -0.05) is 0 Å².